The fourth-order valence-electron chi connectivity index (χ4n) is 2.13. The van der Waals surface area contributed by atoms with E-state index in [-0.39, 0.29) is 6.04 Å². The lowest BCUT2D eigenvalue weighted by atomic mass is 10.3. The minimum Gasteiger partial charge on any atom is -0.369 e. The first-order valence-corrected chi connectivity index (χ1v) is 7.96. The molecular formula is C14H16ClN5S. The third kappa shape index (κ3) is 2.96. The summed E-state index contributed by atoms with van der Waals surface area (Å²) in [5.74, 6) is 1.58. The average Bonchev–Trinajstić information content (AvgIpc) is 3.07. The van der Waals surface area contributed by atoms with Gasteiger partial charge in [-0.15, -0.1) is 11.3 Å². The Morgan fingerprint density at radius 3 is 3.00 bits per heavy atom. The predicted octanol–water partition coefficient (Wildman–Crippen LogP) is 4.05. The van der Waals surface area contributed by atoms with E-state index in [0.717, 1.165) is 28.2 Å². The van der Waals surface area contributed by atoms with E-state index in [0.29, 0.717) is 0 Å². The standard InChI is InChI=1S/C14H16ClN5S/c1-3-16-12-8-20-7-6-17-14(20)13(19-12)18-9(2)10-4-5-11(15)21-10/h4-9,16H,3H2,1-2H3,(H,18,19). The van der Waals surface area contributed by atoms with Crippen molar-refractivity contribution in [2.24, 2.45) is 0 Å². The molecule has 7 heteroatoms. The SMILES string of the molecule is CCNc1cn2ccnc2c(NC(C)c2ccc(Cl)s2)n1. The summed E-state index contributed by atoms with van der Waals surface area (Å²) in [5.41, 5.74) is 0.811. The van der Waals surface area contributed by atoms with Gasteiger partial charge in [-0.2, -0.15) is 0 Å². The molecule has 3 heterocycles. The Morgan fingerprint density at radius 2 is 2.29 bits per heavy atom. The second-order valence-electron chi connectivity index (χ2n) is 4.67. The normalized spacial score (nSPS) is 12.5. The Hall–Kier alpha value is -1.79. The van der Waals surface area contributed by atoms with Crippen LogP contribution in [-0.4, -0.2) is 20.9 Å². The van der Waals surface area contributed by atoms with Crippen molar-refractivity contribution in [3.05, 3.63) is 39.9 Å². The molecule has 21 heavy (non-hydrogen) atoms. The average molecular weight is 322 g/mol. The molecule has 5 nitrogen and oxygen atoms in total. The molecule has 0 aliphatic heterocycles. The zero-order valence-electron chi connectivity index (χ0n) is 11.8. The molecule has 0 saturated carbocycles. The Morgan fingerprint density at radius 1 is 1.43 bits per heavy atom. The van der Waals surface area contributed by atoms with E-state index >= 15 is 0 Å². The van der Waals surface area contributed by atoms with Gasteiger partial charge in [0.15, 0.2) is 11.5 Å². The Balaban J connectivity index is 1.93. The Labute approximate surface area is 132 Å². The van der Waals surface area contributed by atoms with Gasteiger partial charge in [-0.1, -0.05) is 11.6 Å². The molecule has 3 aromatic rings. The number of thiophene rings is 1. The van der Waals surface area contributed by atoms with Crippen molar-refractivity contribution >= 4 is 40.2 Å². The van der Waals surface area contributed by atoms with Crippen LogP contribution in [0.25, 0.3) is 5.65 Å². The van der Waals surface area contributed by atoms with Gasteiger partial charge in [0.2, 0.25) is 0 Å². The highest BCUT2D eigenvalue weighted by Gasteiger charge is 2.13. The smallest absolute Gasteiger partial charge is 0.180 e. The number of rotatable bonds is 5. The van der Waals surface area contributed by atoms with Gasteiger partial charge >= 0.3 is 0 Å². The van der Waals surface area contributed by atoms with Crippen LogP contribution >= 0.6 is 22.9 Å². The number of halogens is 1. The minimum atomic E-state index is 0.118. The van der Waals surface area contributed by atoms with Crippen molar-refractivity contribution in [2.45, 2.75) is 19.9 Å². The van der Waals surface area contributed by atoms with Gasteiger partial charge in [-0.05, 0) is 26.0 Å². The van der Waals surface area contributed by atoms with E-state index in [4.69, 9.17) is 11.6 Å². The molecule has 2 N–H and O–H groups in total. The van der Waals surface area contributed by atoms with Crippen LogP contribution in [0.1, 0.15) is 24.8 Å². The number of anilines is 2. The van der Waals surface area contributed by atoms with Crippen molar-refractivity contribution in [1.29, 1.82) is 0 Å². The van der Waals surface area contributed by atoms with E-state index in [1.165, 1.54) is 4.88 Å². The molecule has 0 aliphatic rings. The molecule has 0 bridgehead atoms. The van der Waals surface area contributed by atoms with E-state index in [2.05, 4.69) is 27.5 Å². The van der Waals surface area contributed by atoms with Gasteiger partial charge < -0.3 is 15.0 Å². The molecule has 1 atom stereocenters. The van der Waals surface area contributed by atoms with Crippen LogP contribution in [0.4, 0.5) is 11.6 Å². The molecule has 110 valence electrons. The van der Waals surface area contributed by atoms with E-state index in [1.54, 1.807) is 17.5 Å². The molecule has 1 unspecified atom stereocenters. The summed E-state index contributed by atoms with van der Waals surface area (Å²) in [6.45, 7) is 4.95. The fraction of sp³-hybridized carbons (Fsp3) is 0.286. The third-order valence-electron chi connectivity index (χ3n) is 3.11. The highest BCUT2D eigenvalue weighted by molar-refractivity contribution is 7.16. The molecule has 3 aromatic heterocycles. The summed E-state index contributed by atoms with van der Waals surface area (Å²) in [7, 11) is 0. The van der Waals surface area contributed by atoms with Crippen molar-refractivity contribution in [1.82, 2.24) is 14.4 Å². The van der Waals surface area contributed by atoms with Crippen molar-refractivity contribution in [2.75, 3.05) is 17.2 Å². The predicted molar refractivity (Wildman–Crippen MR) is 88.5 cm³/mol. The molecule has 3 rings (SSSR count). The number of nitrogens with one attached hydrogen (secondary N) is 2. The van der Waals surface area contributed by atoms with Gasteiger partial charge in [-0.3, -0.25) is 0 Å². The number of nitrogens with zero attached hydrogens (tertiary/aromatic N) is 3. The fourth-order valence-corrected chi connectivity index (χ4v) is 3.20. The Kier molecular flexibility index (Phi) is 3.98. The molecular weight excluding hydrogens is 306 g/mol. The quantitative estimate of drug-likeness (QED) is 0.744. The summed E-state index contributed by atoms with van der Waals surface area (Å²) in [4.78, 5) is 10.1. The van der Waals surface area contributed by atoms with Gasteiger partial charge in [-0.25, -0.2) is 9.97 Å². The zero-order chi connectivity index (χ0) is 14.8. The number of imidazole rings is 1. The molecule has 0 saturated heterocycles. The van der Waals surface area contributed by atoms with Crippen LogP contribution in [0.5, 0.6) is 0 Å². The van der Waals surface area contributed by atoms with Crippen LogP contribution in [-0.2, 0) is 0 Å². The maximum atomic E-state index is 6.00. The lowest BCUT2D eigenvalue weighted by Crippen LogP contribution is -2.10. The second-order valence-corrected chi connectivity index (χ2v) is 6.42. The van der Waals surface area contributed by atoms with Gasteiger partial charge in [0, 0.05) is 23.8 Å². The van der Waals surface area contributed by atoms with Crippen molar-refractivity contribution < 1.29 is 0 Å². The van der Waals surface area contributed by atoms with Gasteiger partial charge in [0.05, 0.1) is 16.6 Å². The molecule has 0 fully saturated rings. The summed E-state index contributed by atoms with van der Waals surface area (Å²) < 4.78 is 2.75. The largest absolute Gasteiger partial charge is 0.369 e. The topological polar surface area (TPSA) is 54.2 Å². The molecule has 0 aliphatic carbocycles. The van der Waals surface area contributed by atoms with Crippen LogP contribution < -0.4 is 10.6 Å². The first-order valence-electron chi connectivity index (χ1n) is 6.76. The number of hydrogen-bond donors (Lipinski definition) is 2. The molecule has 0 spiro atoms. The maximum absolute atomic E-state index is 6.00. The molecule has 0 aromatic carbocycles. The summed E-state index contributed by atoms with van der Waals surface area (Å²) >= 11 is 7.57. The van der Waals surface area contributed by atoms with E-state index < -0.39 is 0 Å². The second kappa shape index (κ2) is 5.91. The monoisotopic (exact) mass is 321 g/mol. The number of fused-ring (bicyclic) bond motifs is 1. The van der Waals surface area contributed by atoms with Crippen LogP contribution in [0.3, 0.4) is 0 Å². The third-order valence-corrected chi connectivity index (χ3v) is 4.52. The van der Waals surface area contributed by atoms with E-state index in [1.807, 2.05) is 35.9 Å². The van der Waals surface area contributed by atoms with Crippen LogP contribution in [0, 0.1) is 0 Å². The first kappa shape index (κ1) is 14.2. The van der Waals surface area contributed by atoms with Crippen molar-refractivity contribution in [3.8, 4) is 0 Å². The summed E-state index contributed by atoms with van der Waals surface area (Å²) in [6, 6.07) is 4.06. The van der Waals surface area contributed by atoms with Crippen LogP contribution in [0.15, 0.2) is 30.7 Å². The molecule has 0 radical (unpaired) electrons. The first-order chi connectivity index (χ1) is 10.2. The van der Waals surface area contributed by atoms with E-state index in [9.17, 15) is 0 Å². The highest BCUT2D eigenvalue weighted by Crippen LogP contribution is 2.29. The van der Waals surface area contributed by atoms with Crippen LogP contribution in [0.2, 0.25) is 4.34 Å². The number of hydrogen-bond acceptors (Lipinski definition) is 5. The zero-order valence-corrected chi connectivity index (χ0v) is 13.4. The van der Waals surface area contributed by atoms with Gasteiger partial charge in [0.25, 0.3) is 0 Å². The highest BCUT2D eigenvalue weighted by atomic mass is 35.5. The minimum absolute atomic E-state index is 0.118. The molecule has 0 amide bonds. The van der Waals surface area contributed by atoms with Gasteiger partial charge in [0.1, 0.15) is 5.82 Å². The Bertz CT molecular complexity index is 751. The maximum Gasteiger partial charge on any atom is 0.180 e. The van der Waals surface area contributed by atoms with Crippen molar-refractivity contribution in [3.63, 3.8) is 0 Å². The number of aromatic nitrogens is 3. The summed E-state index contributed by atoms with van der Waals surface area (Å²) in [6.07, 6.45) is 5.62. The summed E-state index contributed by atoms with van der Waals surface area (Å²) in [5, 5.41) is 6.65. The lowest BCUT2D eigenvalue weighted by Gasteiger charge is -2.15. The lowest BCUT2D eigenvalue weighted by molar-refractivity contribution is 0.893.